The molecule has 2 aromatic rings. The number of carbonyl (C=O) groups excluding carboxylic acids is 1. The van der Waals surface area contributed by atoms with Gasteiger partial charge in [-0.15, -0.1) is 0 Å². The largest absolute Gasteiger partial charge is 0.271 e. The molecule has 0 spiro atoms. The first-order valence-corrected chi connectivity index (χ1v) is 7.51. The molecular formula is C15H12Br2N2O. The van der Waals surface area contributed by atoms with E-state index in [4.69, 9.17) is 0 Å². The fourth-order valence-electron chi connectivity index (χ4n) is 1.61. The average molecular weight is 396 g/mol. The van der Waals surface area contributed by atoms with Crippen LogP contribution in [0.2, 0.25) is 0 Å². The summed E-state index contributed by atoms with van der Waals surface area (Å²) >= 11 is 6.74. The predicted molar refractivity (Wildman–Crippen MR) is 88.0 cm³/mol. The molecule has 102 valence electrons. The minimum Gasteiger partial charge on any atom is -0.267 e. The fraction of sp³-hybridized carbons (Fsp3) is 0.0667. The van der Waals surface area contributed by atoms with Gasteiger partial charge in [0.2, 0.25) is 0 Å². The lowest BCUT2D eigenvalue weighted by Crippen LogP contribution is -2.19. The van der Waals surface area contributed by atoms with E-state index in [1.54, 1.807) is 12.1 Å². The summed E-state index contributed by atoms with van der Waals surface area (Å²) in [5.41, 5.74) is 4.81. The minimum absolute atomic E-state index is 0.236. The first-order valence-electron chi connectivity index (χ1n) is 5.92. The van der Waals surface area contributed by atoms with Crippen molar-refractivity contribution >= 4 is 43.5 Å². The van der Waals surface area contributed by atoms with Gasteiger partial charge in [0.1, 0.15) is 0 Å². The number of hydrogen-bond acceptors (Lipinski definition) is 2. The molecule has 0 saturated carbocycles. The molecule has 0 atom stereocenters. The highest BCUT2D eigenvalue weighted by molar-refractivity contribution is 9.10. The number of rotatable bonds is 3. The van der Waals surface area contributed by atoms with Crippen LogP contribution in [0.1, 0.15) is 22.8 Å². The predicted octanol–water partition coefficient (Wildman–Crippen LogP) is 4.37. The maximum atomic E-state index is 12.0. The van der Waals surface area contributed by atoms with Crippen molar-refractivity contribution in [3.63, 3.8) is 0 Å². The molecular weight excluding hydrogens is 384 g/mol. The molecule has 1 N–H and O–H groups in total. The van der Waals surface area contributed by atoms with Crippen molar-refractivity contribution in [2.75, 3.05) is 0 Å². The van der Waals surface area contributed by atoms with Crippen molar-refractivity contribution in [1.82, 2.24) is 5.43 Å². The zero-order chi connectivity index (χ0) is 14.5. The van der Waals surface area contributed by atoms with Crippen LogP contribution in [0.5, 0.6) is 0 Å². The molecule has 0 fully saturated rings. The van der Waals surface area contributed by atoms with E-state index in [2.05, 4.69) is 42.4 Å². The van der Waals surface area contributed by atoms with E-state index in [1.165, 1.54) is 0 Å². The number of carbonyl (C=O) groups is 1. The standard InChI is InChI=1S/C15H12Br2N2O/c1-10(11-4-2-6-13(16)8-11)18-19-15(20)12-5-3-7-14(17)9-12/h2-9H,1H3,(H,19,20)/b18-10+. The summed E-state index contributed by atoms with van der Waals surface area (Å²) in [4.78, 5) is 12.0. The van der Waals surface area contributed by atoms with E-state index in [9.17, 15) is 4.79 Å². The van der Waals surface area contributed by atoms with Crippen molar-refractivity contribution in [3.05, 3.63) is 68.6 Å². The number of hydrazone groups is 1. The van der Waals surface area contributed by atoms with Gasteiger partial charge in [0.05, 0.1) is 5.71 Å². The van der Waals surface area contributed by atoms with Crippen LogP contribution in [0, 0.1) is 0 Å². The summed E-state index contributed by atoms with van der Waals surface area (Å²) in [5, 5.41) is 4.12. The molecule has 0 bridgehead atoms. The smallest absolute Gasteiger partial charge is 0.267 e. The Labute approximate surface area is 134 Å². The van der Waals surface area contributed by atoms with Crippen LogP contribution in [0.25, 0.3) is 0 Å². The molecule has 20 heavy (non-hydrogen) atoms. The van der Waals surface area contributed by atoms with E-state index >= 15 is 0 Å². The fourth-order valence-corrected chi connectivity index (χ4v) is 2.41. The lowest BCUT2D eigenvalue weighted by Gasteiger charge is -2.04. The van der Waals surface area contributed by atoms with Gasteiger partial charge in [0, 0.05) is 14.5 Å². The van der Waals surface area contributed by atoms with Crippen LogP contribution in [0.4, 0.5) is 0 Å². The second-order valence-corrected chi connectivity index (χ2v) is 5.99. The summed E-state index contributed by atoms with van der Waals surface area (Å²) in [6, 6.07) is 14.9. The number of amides is 1. The lowest BCUT2D eigenvalue weighted by molar-refractivity contribution is 0.0955. The third-order valence-electron chi connectivity index (χ3n) is 2.65. The highest BCUT2D eigenvalue weighted by Crippen LogP contribution is 2.13. The van der Waals surface area contributed by atoms with Gasteiger partial charge in [0.25, 0.3) is 5.91 Å². The Kier molecular flexibility index (Phi) is 5.09. The van der Waals surface area contributed by atoms with Crippen molar-refractivity contribution in [2.45, 2.75) is 6.92 Å². The van der Waals surface area contributed by atoms with Crippen molar-refractivity contribution < 1.29 is 4.79 Å². The number of halogens is 2. The van der Waals surface area contributed by atoms with E-state index < -0.39 is 0 Å². The number of nitrogens with one attached hydrogen (secondary N) is 1. The first-order chi connectivity index (χ1) is 9.56. The molecule has 2 aromatic carbocycles. The van der Waals surface area contributed by atoms with Crippen molar-refractivity contribution in [3.8, 4) is 0 Å². The van der Waals surface area contributed by atoms with Gasteiger partial charge in [-0.1, -0.05) is 50.1 Å². The average Bonchev–Trinajstić information content (AvgIpc) is 2.44. The van der Waals surface area contributed by atoms with Crippen LogP contribution in [0.3, 0.4) is 0 Å². The molecule has 0 aliphatic carbocycles. The quantitative estimate of drug-likeness (QED) is 0.608. The molecule has 5 heteroatoms. The minimum atomic E-state index is -0.236. The normalized spacial score (nSPS) is 11.2. The second kappa shape index (κ2) is 6.81. The monoisotopic (exact) mass is 394 g/mol. The highest BCUT2D eigenvalue weighted by Gasteiger charge is 2.05. The zero-order valence-corrected chi connectivity index (χ0v) is 13.9. The summed E-state index contributed by atoms with van der Waals surface area (Å²) < 4.78 is 1.83. The zero-order valence-electron chi connectivity index (χ0n) is 10.7. The van der Waals surface area contributed by atoms with Crippen LogP contribution < -0.4 is 5.43 Å². The van der Waals surface area contributed by atoms with E-state index in [0.29, 0.717) is 5.56 Å². The third kappa shape index (κ3) is 4.02. The topological polar surface area (TPSA) is 41.5 Å². The summed E-state index contributed by atoms with van der Waals surface area (Å²) in [5.74, 6) is -0.236. The molecule has 0 radical (unpaired) electrons. The van der Waals surface area contributed by atoms with Crippen LogP contribution >= 0.6 is 31.9 Å². The molecule has 1 amide bonds. The Bertz CT molecular complexity index is 668. The van der Waals surface area contributed by atoms with E-state index in [-0.39, 0.29) is 5.91 Å². The van der Waals surface area contributed by atoms with Gasteiger partial charge in [-0.25, -0.2) is 5.43 Å². The van der Waals surface area contributed by atoms with Crippen LogP contribution in [-0.2, 0) is 0 Å². The summed E-state index contributed by atoms with van der Waals surface area (Å²) in [6.45, 7) is 1.85. The molecule has 3 nitrogen and oxygen atoms in total. The number of hydrogen-bond donors (Lipinski definition) is 1. The van der Waals surface area contributed by atoms with Crippen molar-refractivity contribution in [2.24, 2.45) is 5.10 Å². The molecule has 0 saturated heterocycles. The van der Waals surface area contributed by atoms with Gasteiger partial charge < -0.3 is 0 Å². The molecule has 0 aliphatic heterocycles. The van der Waals surface area contributed by atoms with Gasteiger partial charge in [-0.05, 0) is 42.8 Å². The van der Waals surface area contributed by atoms with Gasteiger partial charge in [-0.3, -0.25) is 4.79 Å². The molecule has 0 heterocycles. The Hall–Kier alpha value is -1.46. The second-order valence-electron chi connectivity index (χ2n) is 4.16. The Morgan fingerprint density at radius 1 is 1.00 bits per heavy atom. The molecule has 2 rings (SSSR count). The van der Waals surface area contributed by atoms with Crippen LogP contribution in [0.15, 0.2) is 62.6 Å². The highest BCUT2D eigenvalue weighted by atomic mass is 79.9. The molecule has 0 unspecified atom stereocenters. The Balaban J connectivity index is 2.11. The van der Waals surface area contributed by atoms with Crippen LogP contribution in [-0.4, -0.2) is 11.6 Å². The van der Waals surface area contributed by atoms with E-state index in [1.807, 2.05) is 43.3 Å². The Morgan fingerprint density at radius 2 is 1.55 bits per heavy atom. The maximum Gasteiger partial charge on any atom is 0.271 e. The Morgan fingerprint density at radius 3 is 2.15 bits per heavy atom. The van der Waals surface area contributed by atoms with Gasteiger partial charge in [-0.2, -0.15) is 5.10 Å². The molecule has 0 aromatic heterocycles. The first kappa shape index (κ1) is 14.9. The summed E-state index contributed by atoms with van der Waals surface area (Å²) in [7, 11) is 0. The maximum absolute atomic E-state index is 12.0. The molecule has 0 aliphatic rings. The van der Waals surface area contributed by atoms with Gasteiger partial charge >= 0.3 is 0 Å². The third-order valence-corrected chi connectivity index (χ3v) is 3.64. The number of benzene rings is 2. The summed E-state index contributed by atoms with van der Waals surface area (Å²) in [6.07, 6.45) is 0. The number of nitrogens with zero attached hydrogens (tertiary/aromatic N) is 1. The SMILES string of the molecule is C/C(=N\NC(=O)c1cccc(Br)c1)c1cccc(Br)c1. The van der Waals surface area contributed by atoms with E-state index in [0.717, 1.165) is 20.2 Å². The lowest BCUT2D eigenvalue weighted by atomic mass is 10.1. The van der Waals surface area contributed by atoms with Gasteiger partial charge in [0.15, 0.2) is 0 Å². The van der Waals surface area contributed by atoms with Crippen molar-refractivity contribution in [1.29, 1.82) is 0 Å².